The Morgan fingerprint density at radius 1 is 1.24 bits per heavy atom. The van der Waals surface area contributed by atoms with Gasteiger partial charge in [0.2, 0.25) is 0 Å². The zero-order chi connectivity index (χ0) is 17.7. The van der Waals surface area contributed by atoms with Crippen molar-refractivity contribution in [3.05, 3.63) is 51.2 Å². The molecule has 0 saturated heterocycles. The molecule has 1 aromatic carbocycles. The van der Waals surface area contributed by atoms with Gasteiger partial charge in [0, 0.05) is 18.5 Å². The molecule has 0 aliphatic heterocycles. The third kappa shape index (κ3) is 6.10. The molecule has 10 heteroatoms. The maximum absolute atomic E-state index is 13.1. The molecule has 0 bridgehead atoms. The molecule has 2 N–H and O–H groups in total. The lowest BCUT2D eigenvalue weighted by atomic mass is 10.1. The summed E-state index contributed by atoms with van der Waals surface area (Å²) in [5.41, 5.74) is 1.56. The molecule has 1 aromatic heterocycles. The zero-order valence-corrected chi connectivity index (χ0v) is 16.6. The Morgan fingerprint density at radius 2 is 1.92 bits per heavy atom. The van der Waals surface area contributed by atoms with Crippen LogP contribution in [0.25, 0.3) is 0 Å². The number of thiazole rings is 1. The maximum Gasteiger partial charge on any atom is 0.416 e. The molecule has 0 aliphatic rings. The standard InChI is InChI=1S/C15H16F4N4S.HI/c1-9-13(24-8-23-9)7-22-14(20-2)21-6-10-3-4-11(16)5-12(10)15(17,18)19;/h3-5,8H,6-7H2,1-2H3,(H2,20,21,22);1H. The lowest BCUT2D eigenvalue weighted by Gasteiger charge is -2.15. The molecule has 25 heavy (non-hydrogen) atoms. The van der Waals surface area contributed by atoms with Gasteiger partial charge in [0.05, 0.1) is 23.3 Å². The van der Waals surface area contributed by atoms with E-state index in [9.17, 15) is 17.6 Å². The number of aliphatic imine (C=N–C) groups is 1. The summed E-state index contributed by atoms with van der Waals surface area (Å²) in [4.78, 5) is 9.09. The molecule has 0 saturated carbocycles. The van der Waals surface area contributed by atoms with Crippen LogP contribution >= 0.6 is 35.3 Å². The number of aryl methyl sites for hydroxylation is 1. The summed E-state index contributed by atoms with van der Waals surface area (Å²) in [5.74, 6) is -0.575. The number of aromatic nitrogens is 1. The third-order valence-corrected chi connectivity index (χ3v) is 4.24. The van der Waals surface area contributed by atoms with Crippen LogP contribution in [-0.2, 0) is 19.3 Å². The molecule has 2 aromatic rings. The molecule has 0 spiro atoms. The van der Waals surface area contributed by atoms with Crippen molar-refractivity contribution in [2.24, 2.45) is 4.99 Å². The van der Waals surface area contributed by atoms with Crippen molar-refractivity contribution >= 4 is 41.3 Å². The van der Waals surface area contributed by atoms with E-state index in [-0.39, 0.29) is 36.1 Å². The van der Waals surface area contributed by atoms with Gasteiger partial charge in [-0.25, -0.2) is 9.37 Å². The summed E-state index contributed by atoms with van der Waals surface area (Å²) in [7, 11) is 1.52. The Morgan fingerprint density at radius 3 is 2.48 bits per heavy atom. The molecule has 0 unspecified atom stereocenters. The van der Waals surface area contributed by atoms with Crippen molar-refractivity contribution in [2.75, 3.05) is 7.05 Å². The van der Waals surface area contributed by atoms with Gasteiger partial charge >= 0.3 is 6.18 Å². The van der Waals surface area contributed by atoms with E-state index in [4.69, 9.17) is 0 Å². The van der Waals surface area contributed by atoms with Gasteiger partial charge in [-0.15, -0.1) is 35.3 Å². The van der Waals surface area contributed by atoms with E-state index in [1.807, 2.05) is 6.92 Å². The van der Waals surface area contributed by atoms with Crippen LogP contribution in [0.4, 0.5) is 17.6 Å². The fraction of sp³-hybridized carbons (Fsp3) is 0.333. The maximum atomic E-state index is 13.1. The summed E-state index contributed by atoms with van der Waals surface area (Å²) in [5, 5.41) is 5.81. The van der Waals surface area contributed by atoms with Gasteiger partial charge in [-0.2, -0.15) is 13.2 Å². The Hall–Kier alpha value is -1.43. The first kappa shape index (κ1) is 21.6. The third-order valence-electron chi connectivity index (χ3n) is 3.31. The second-order valence-electron chi connectivity index (χ2n) is 4.94. The molecular weight excluding hydrogens is 471 g/mol. The van der Waals surface area contributed by atoms with Gasteiger partial charge in [-0.3, -0.25) is 4.99 Å². The van der Waals surface area contributed by atoms with Gasteiger partial charge in [0.1, 0.15) is 5.82 Å². The number of rotatable bonds is 4. The van der Waals surface area contributed by atoms with Crippen molar-refractivity contribution in [1.82, 2.24) is 15.6 Å². The SMILES string of the molecule is CN=C(NCc1ccc(F)cc1C(F)(F)F)NCc1scnc1C.I. The van der Waals surface area contributed by atoms with Crippen LogP contribution in [0.2, 0.25) is 0 Å². The number of hydrogen-bond acceptors (Lipinski definition) is 3. The highest BCUT2D eigenvalue weighted by Gasteiger charge is 2.33. The van der Waals surface area contributed by atoms with E-state index in [1.165, 1.54) is 18.4 Å². The number of nitrogens with one attached hydrogen (secondary N) is 2. The van der Waals surface area contributed by atoms with E-state index >= 15 is 0 Å². The number of nitrogens with zero attached hydrogens (tertiary/aromatic N) is 2. The Balaban J connectivity index is 0.00000312. The predicted octanol–water partition coefficient (Wildman–Crippen LogP) is 4.09. The Labute approximate surface area is 163 Å². The fourth-order valence-electron chi connectivity index (χ4n) is 2.03. The zero-order valence-electron chi connectivity index (χ0n) is 13.4. The number of benzene rings is 1. The molecule has 4 nitrogen and oxygen atoms in total. The molecule has 0 radical (unpaired) electrons. The minimum absolute atomic E-state index is 0. The fourth-order valence-corrected chi connectivity index (χ4v) is 2.74. The van der Waals surface area contributed by atoms with Crippen LogP contribution < -0.4 is 10.6 Å². The van der Waals surface area contributed by atoms with Crippen LogP contribution in [0.3, 0.4) is 0 Å². The number of guanidine groups is 1. The van der Waals surface area contributed by atoms with Crippen molar-refractivity contribution in [3.63, 3.8) is 0 Å². The average Bonchev–Trinajstić information content (AvgIpc) is 2.93. The van der Waals surface area contributed by atoms with Crippen molar-refractivity contribution in [1.29, 1.82) is 0 Å². The first-order valence-corrected chi connectivity index (χ1v) is 7.88. The summed E-state index contributed by atoms with van der Waals surface area (Å²) in [6.07, 6.45) is -4.62. The van der Waals surface area contributed by atoms with Crippen LogP contribution in [0.15, 0.2) is 28.7 Å². The first-order valence-electron chi connectivity index (χ1n) is 7.00. The Bertz CT molecular complexity index is 731. The minimum atomic E-state index is -4.62. The van der Waals surface area contributed by atoms with Crippen LogP contribution in [0.1, 0.15) is 21.7 Å². The number of hydrogen-bond donors (Lipinski definition) is 2. The largest absolute Gasteiger partial charge is 0.416 e. The molecule has 0 fully saturated rings. The lowest BCUT2D eigenvalue weighted by Crippen LogP contribution is -2.36. The van der Waals surface area contributed by atoms with Crippen molar-refractivity contribution < 1.29 is 17.6 Å². The van der Waals surface area contributed by atoms with E-state index < -0.39 is 17.6 Å². The van der Waals surface area contributed by atoms with Gasteiger partial charge in [-0.05, 0) is 24.6 Å². The molecular formula is C15H17F4IN4S. The van der Waals surface area contributed by atoms with Crippen LogP contribution in [0, 0.1) is 12.7 Å². The highest BCUT2D eigenvalue weighted by Crippen LogP contribution is 2.32. The van der Waals surface area contributed by atoms with Gasteiger partial charge in [0.15, 0.2) is 5.96 Å². The van der Waals surface area contributed by atoms with E-state index in [0.717, 1.165) is 22.7 Å². The highest BCUT2D eigenvalue weighted by molar-refractivity contribution is 14.0. The number of halogens is 5. The predicted molar refractivity (Wildman–Crippen MR) is 101 cm³/mol. The van der Waals surface area contributed by atoms with E-state index in [0.29, 0.717) is 18.6 Å². The van der Waals surface area contributed by atoms with Crippen molar-refractivity contribution in [2.45, 2.75) is 26.2 Å². The molecule has 0 atom stereocenters. The smallest absolute Gasteiger partial charge is 0.352 e. The second kappa shape index (κ2) is 9.32. The van der Waals surface area contributed by atoms with Gasteiger partial charge in [-0.1, -0.05) is 6.07 Å². The van der Waals surface area contributed by atoms with Gasteiger partial charge in [0.25, 0.3) is 0 Å². The molecule has 1 heterocycles. The topological polar surface area (TPSA) is 49.3 Å². The number of alkyl halides is 3. The Kier molecular flexibility index (Phi) is 8.06. The summed E-state index contributed by atoms with van der Waals surface area (Å²) < 4.78 is 52.0. The second-order valence-corrected chi connectivity index (χ2v) is 5.88. The molecule has 2 rings (SSSR count). The normalized spacial score (nSPS) is 11.8. The summed E-state index contributed by atoms with van der Waals surface area (Å²) in [6.45, 7) is 2.21. The van der Waals surface area contributed by atoms with E-state index in [2.05, 4.69) is 20.6 Å². The van der Waals surface area contributed by atoms with Crippen LogP contribution in [-0.4, -0.2) is 18.0 Å². The summed E-state index contributed by atoms with van der Waals surface area (Å²) >= 11 is 1.48. The molecule has 138 valence electrons. The lowest BCUT2D eigenvalue weighted by molar-refractivity contribution is -0.138. The highest BCUT2D eigenvalue weighted by atomic mass is 127. The molecule has 0 amide bonds. The first-order chi connectivity index (χ1) is 11.3. The monoisotopic (exact) mass is 488 g/mol. The van der Waals surface area contributed by atoms with Crippen molar-refractivity contribution in [3.8, 4) is 0 Å². The van der Waals surface area contributed by atoms with E-state index in [1.54, 1.807) is 5.51 Å². The minimum Gasteiger partial charge on any atom is -0.352 e. The van der Waals surface area contributed by atoms with Crippen LogP contribution in [0.5, 0.6) is 0 Å². The summed E-state index contributed by atoms with van der Waals surface area (Å²) in [6, 6.07) is 2.61. The van der Waals surface area contributed by atoms with Gasteiger partial charge < -0.3 is 10.6 Å². The average molecular weight is 488 g/mol. The molecule has 0 aliphatic carbocycles. The quantitative estimate of drug-likeness (QED) is 0.295.